The first-order valence-electron chi connectivity index (χ1n) is 9.84. The van der Waals surface area contributed by atoms with Crippen molar-refractivity contribution in [2.24, 2.45) is 0 Å². The predicted molar refractivity (Wildman–Crippen MR) is 114 cm³/mol. The Bertz CT molecular complexity index is 1060. The van der Waals surface area contributed by atoms with Crippen molar-refractivity contribution in [3.8, 4) is 17.2 Å². The number of benzene rings is 1. The zero-order valence-corrected chi connectivity index (χ0v) is 17.4. The normalized spacial score (nSPS) is 13.6. The van der Waals surface area contributed by atoms with E-state index < -0.39 is 0 Å². The number of nitrogens with zero attached hydrogens (tertiary/aromatic N) is 3. The maximum atomic E-state index is 13.0. The molecule has 0 spiro atoms. The van der Waals surface area contributed by atoms with Crippen LogP contribution in [0.4, 0.5) is 0 Å². The molecule has 1 amide bonds. The molecule has 2 aromatic heterocycles. The molecule has 156 valence electrons. The molecule has 0 saturated heterocycles. The Kier molecular flexibility index (Phi) is 5.61. The molecule has 0 atom stereocenters. The molecule has 1 aromatic carbocycles. The summed E-state index contributed by atoms with van der Waals surface area (Å²) in [6, 6.07) is 9.78. The molecule has 3 aromatic rings. The zero-order valence-electron chi connectivity index (χ0n) is 17.4. The van der Waals surface area contributed by atoms with Gasteiger partial charge in [-0.05, 0) is 48.7 Å². The van der Waals surface area contributed by atoms with Crippen LogP contribution < -0.4 is 14.2 Å². The van der Waals surface area contributed by atoms with E-state index in [1.54, 1.807) is 33.5 Å². The Hall–Kier alpha value is -3.48. The molecule has 0 bridgehead atoms. The summed E-state index contributed by atoms with van der Waals surface area (Å²) >= 11 is 0. The van der Waals surface area contributed by atoms with Gasteiger partial charge in [-0.3, -0.25) is 4.79 Å². The number of carbonyl (C=O) groups is 1. The van der Waals surface area contributed by atoms with Crippen LogP contribution in [-0.2, 0) is 11.3 Å². The van der Waals surface area contributed by atoms with Gasteiger partial charge < -0.3 is 23.5 Å². The molecule has 7 heteroatoms. The van der Waals surface area contributed by atoms with Gasteiger partial charge in [0, 0.05) is 18.3 Å². The number of imidazole rings is 1. The number of hydrogen-bond donors (Lipinski definition) is 0. The summed E-state index contributed by atoms with van der Waals surface area (Å²) in [5.41, 5.74) is 2.67. The number of hydrogen-bond acceptors (Lipinski definition) is 5. The van der Waals surface area contributed by atoms with Crippen LogP contribution in [-0.4, -0.2) is 47.6 Å². The van der Waals surface area contributed by atoms with E-state index in [-0.39, 0.29) is 11.9 Å². The number of amides is 1. The number of carbonyl (C=O) groups excluding carboxylic acids is 1. The largest absolute Gasteiger partial charge is 0.493 e. The molecule has 30 heavy (non-hydrogen) atoms. The minimum absolute atomic E-state index is 0.0304. The SMILES string of the molecule is COc1cc(/C=C/C(=O)N(Cc2cnc3ccccn23)C2CC2)cc(OC)c1OC. The average molecular weight is 407 g/mol. The van der Waals surface area contributed by atoms with Crippen molar-refractivity contribution in [3.63, 3.8) is 0 Å². The van der Waals surface area contributed by atoms with Gasteiger partial charge in [-0.1, -0.05) is 6.07 Å². The molecular formula is C23H25N3O4. The molecule has 4 rings (SSSR count). The minimum atomic E-state index is -0.0304. The highest BCUT2D eigenvalue weighted by Gasteiger charge is 2.32. The summed E-state index contributed by atoms with van der Waals surface area (Å²) in [6.07, 6.45) is 9.24. The van der Waals surface area contributed by atoms with Crippen LogP contribution in [0.2, 0.25) is 0 Å². The maximum Gasteiger partial charge on any atom is 0.247 e. The van der Waals surface area contributed by atoms with Gasteiger partial charge in [0.1, 0.15) is 5.65 Å². The van der Waals surface area contributed by atoms with Crippen LogP contribution in [0, 0.1) is 0 Å². The quantitative estimate of drug-likeness (QED) is 0.534. The maximum absolute atomic E-state index is 13.0. The highest BCUT2D eigenvalue weighted by Crippen LogP contribution is 2.38. The molecule has 1 aliphatic carbocycles. The van der Waals surface area contributed by atoms with Gasteiger partial charge in [-0.25, -0.2) is 4.98 Å². The van der Waals surface area contributed by atoms with Crippen molar-refractivity contribution in [2.45, 2.75) is 25.4 Å². The Labute approximate surface area is 175 Å². The van der Waals surface area contributed by atoms with Gasteiger partial charge in [-0.2, -0.15) is 0 Å². The minimum Gasteiger partial charge on any atom is -0.493 e. The van der Waals surface area contributed by atoms with Crippen LogP contribution in [0.3, 0.4) is 0 Å². The molecule has 0 unspecified atom stereocenters. The van der Waals surface area contributed by atoms with E-state index in [1.165, 1.54) is 0 Å². The first kappa shape index (κ1) is 19.8. The van der Waals surface area contributed by atoms with E-state index in [0.717, 1.165) is 29.7 Å². The standard InChI is InChI=1S/C23H25N3O4/c1-28-19-12-16(13-20(29-2)23(19)30-3)7-10-22(27)26(17-8-9-17)15-18-14-24-21-6-4-5-11-25(18)21/h4-7,10-14,17H,8-9,15H2,1-3H3/b10-7+. The number of fused-ring (bicyclic) bond motifs is 1. The Morgan fingerprint density at radius 2 is 1.90 bits per heavy atom. The second-order valence-corrected chi connectivity index (χ2v) is 7.17. The van der Waals surface area contributed by atoms with Gasteiger partial charge in [-0.15, -0.1) is 0 Å². The third-order valence-corrected chi connectivity index (χ3v) is 5.20. The highest BCUT2D eigenvalue weighted by atomic mass is 16.5. The van der Waals surface area contributed by atoms with Crippen LogP contribution in [0.1, 0.15) is 24.1 Å². The first-order chi connectivity index (χ1) is 14.6. The molecule has 2 heterocycles. The molecule has 0 N–H and O–H groups in total. The molecule has 1 aliphatic rings. The summed E-state index contributed by atoms with van der Waals surface area (Å²) in [7, 11) is 4.70. The van der Waals surface area contributed by atoms with Crippen molar-refractivity contribution >= 4 is 17.6 Å². The lowest BCUT2D eigenvalue weighted by atomic mass is 10.1. The third-order valence-electron chi connectivity index (χ3n) is 5.20. The number of methoxy groups -OCH3 is 3. The van der Waals surface area contributed by atoms with Crippen molar-refractivity contribution in [3.05, 3.63) is 60.1 Å². The van der Waals surface area contributed by atoms with E-state index in [4.69, 9.17) is 14.2 Å². The fraction of sp³-hybridized carbons (Fsp3) is 0.304. The highest BCUT2D eigenvalue weighted by molar-refractivity contribution is 5.92. The average Bonchev–Trinajstić information content (AvgIpc) is 3.54. The summed E-state index contributed by atoms with van der Waals surface area (Å²) in [4.78, 5) is 19.3. The Morgan fingerprint density at radius 1 is 1.17 bits per heavy atom. The molecule has 7 nitrogen and oxygen atoms in total. The van der Waals surface area contributed by atoms with E-state index in [9.17, 15) is 4.79 Å². The smallest absolute Gasteiger partial charge is 0.247 e. The summed E-state index contributed by atoms with van der Waals surface area (Å²) in [6.45, 7) is 0.522. The first-order valence-corrected chi connectivity index (χ1v) is 9.84. The fourth-order valence-corrected chi connectivity index (χ4v) is 3.51. The summed E-state index contributed by atoms with van der Waals surface area (Å²) in [5, 5.41) is 0. The van der Waals surface area contributed by atoms with Crippen molar-refractivity contribution < 1.29 is 19.0 Å². The lowest BCUT2D eigenvalue weighted by Gasteiger charge is -2.20. The second kappa shape index (κ2) is 8.49. The van der Waals surface area contributed by atoms with Crippen molar-refractivity contribution in [2.75, 3.05) is 21.3 Å². The number of aromatic nitrogens is 2. The molecule has 0 radical (unpaired) electrons. The zero-order chi connectivity index (χ0) is 21.1. The number of pyridine rings is 1. The predicted octanol–water partition coefficient (Wildman–Crippen LogP) is 3.56. The second-order valence-electron chi connectivity index (χ2n) is 7.17. The Balaban J connectivity index is 1.56. The molecule has 1 saturated carbocycles. The van der Waals surface area contributed by atoms with Gasteiger partial charge >= 0.3 is 0 Å². The van der Waals surface area contributed by atoms with Gasteiger partial charge in [0.15, 0.2) is 11.5 Å². The molecule has 1 fully saturated rings. The van der Waals surface area contributed by atoms with Crippen LogP contribution in [0.15, 0.2) is 48.8 Å². The Morgan fingerprint density at radius 3 is 2.53 bits per heavy atom. The molecular weight excluding hydrogens is 382 g/mol. The van der Waals surface area contributed by atoms with E-state index in [1.807, 2.05) is 52.0 Å². The lowest BCUT2D eigenvalue weighted by Crippen LogP contribution is -2.31. The number of ether oxygens (including phenoxy) is 3. The van der Waals surface area contributed by atoms with E-state index >= 15 is 0 Å². The van der Waals surface area contributed by atoms with E-state index in [2.05, 4.69) is 4.98 Å². The summed E-state index contributed by atoms with van der Waals surface area (Å²) < 4.78 is 18.2. The van der Waals surface area contributed by atoms with Crippen LogP contribution in [0.25, 0.3) is 11.7 Å². The third kappa shape index (κ3) is 3.96. The van der Waals surface area contributed by atoms with Crippen LogP contribution in [0.5, 0.6) is 17.2 Å². The van der Waals surface area contributed by atoms with Crippen LogP contribution >= 0.6 is 0 Å². The monoisotopic (exact) mass is 407 g/mol. The topological polar surface area (TPSA) is 65.3 Å². The molecule has 0 aliphatic heterocycles. The fourth-order valence-electron chi connectivity index (χ4n) is 3.51. The lowest BCUT2D eigenvalue weighted by molar-refractivity contribution is -0.127. The summed E-state index contributed by atoms with van der Waals surface area (Å²) in [5.74, 6) is 1.59. The van der Waals surface area contributed by atoms with Crippen molar-refractivity contribution in [1.82, 2.24) is 14.3 Å². The van der Waals surface area contributed by atoms with Gasteiger partial charge in [0.25, 0.3) is 0 Å². The van der Waals surface area contributed by atoms with Gasteiger partial charge in [0.2, 0.25) is 11.7 Å². The van der Waals surface area contributed by atoms with Crippen molar-refractivity contribution in [1.29, 1.82) is 0 Å². The number of rotatable bonds is 8. The van der Waals surface area contributed by atoms with Gasteiger partial charge in [0.05, 0.1) is 39.8 Å². The van der Waals surface area contributed by atoms with E-state index in [0.29, 0.717) is 23.8 Å².